The van der Waals surface area contributed by atoms with E-state index < -0.39 is 11.7 Å². The maximum Gasteiger partial charge on any atom is 0.416 e. The van der Waals surface area contributed by atoms with Gasteiger partial charge < -0.3 is 11.1 Å². The van der Waals surface area contributed by atoms with Crippen molar-refractivity contribution < 1.29 is 13.2 Å². The number of nitrogens with zero attached hydrogens (tertiary/aromatic N) is 1. The molecule has 0 fully saturated rings. The number of benzene rings is 2. The van der Waals surface area contributed by atoms with Crippen LogP contribution in [-0.4, -0.2) is 0 Å². The molecule has 2 aromatic carbocycles. The van der Waals surface area contributed by atoms with Crippen molar-refractivity contribution in [2.75, 3.05) is 11.1 Å². The van der Waals surface area contributed by atoms with Gasteiger partial charge in [-0.15, -0.1) is 0 Å². The Labute approximate surface area is 113 Å². The lowest BCUT2D eigenvalue weighted by molar-refractivity contribution is -0.137. The number of hydrogen-bond donors (Lipinski definition) is 2. The number of halogens is 3. The minimum atomic E-state index is -4.36. The van der Waals surface area contributed by atoms with Crippen LogP contribution < -0.4 is 11.1 Å². The largest absolute Gasteiger partial charge is 0.416 e. The van der Waals surface area contributed by atoms with Gasteiger partial charge in [0.05, 0.1) is 22.5 Å². The monoisotopic (exact) mass is 277 g/mol. The Morgan fingerprint density at radius 2 is 1.70 bits per heavy atom. The summed E-state index contributed by atoms with van der Waals surface area (Å²) in [5.74, 6) is 0. The molecule has 3 N–H and O–H groups in total. The van der Waals surface area contributed by atoms with Gasteiger partial charge in [-0.05, 0) is 36.4 Å². The minimum absolute atomic E-state index is 0.259. The average Bonchev–Trinajstić information content (AvgIpc) is 2.41. The molecule has 0 unspecified atom stereocenters. The second-order valence-corrected chi connectivity index (χ2v) is 4.08. The normalized spacial score (nSPS) is 10.9. The van der Waals surface area contributed by atoms with E-state index in [1.165, 1.54) is 12.1 Å². The highest BCUT2D eigenvalue weighted by Gasteiger charge is 2.29. The Bertz CT molecular complexity index is 655. The minimum Gasteiger partial charge on any atom is -0.396 e. The fourth-order valence-corrected chi connectivity index (χ4v) is 1.67. The lowest BCUT2D eigenvalue weighted by Gasteiger charge is -2.11. The summed E-state index contributed by atoms with van der Waals surface area (Å²) in [4.78, 5) is 0. The fourth-order valence-electron chi connectivity index (χ4n) is 1.67. The van der Waals surface area contributed by atoms with E-state index in [4.69, 9.17) is 11.0 Å². The highest BCUT2D eigenvalue weighted by molar-refractivity contribution is 5.77. The number of nitrogen functional groups attached to an aromatic ring is 1. The van der Waals surface area contributed by atoms with Crippen LogP contribution in [0.25, 0.3) is 0 Å². The molecule has 20 heavy (non-hydrogen) atoms. The molecule has 3 nitrogen and oxygen atoms in total. The van der Waals surface area contributed by atoms with E-state index in [1.54, 1.807) is 18.2 Å². The predicted molar refractivity (Wildman–Crippen MR) is 70.3 cm³/mol. The van der Waals surface area contributed by atoms with Crippen LogP contribution in [0.2, 0.25) is 0 Å². The second-order valence-electron chi connectivity index (χ2n) is 4.08. The molecular formula is C14H10F3N3. The lowest BCUT2D eigenvalue weighted by Crippen LogP contribution is -2.04. The molecule has 0 saturated carbocycles. The molecule has 102 valence electrons. The Hall–Kier alpha value is -2.68. The molecule has 0 saturated heterocycles. The molecule has 0 atom stereocenters. The number of hydrogen-bond acceptors (Lipinski definition) is 3. The van der Waals surface area contributed by atoms with Gasteiger partial charge in [0.2, 0.25) is 0 Å². The molecule has 0 aliphatic heterocycles. The van der Waals surface area contributed by atoms with Crippen molar-refractivity contribution in [3.05, 3.63) is 53.6 Å². The molecule has 2 aromatic rings. The maximum absolute atomic E-state index is 12.4. The highest BCUT2D eigenvalue weighted by atomic mass is 19.4. The van der Waals surface area contributed by atoms with Crippen LogP contribution in [0.15, 0.2) is 42.5 Å². The Kier molecular flexibility index (Phi) is 3.53. The van der Waals surface area contributed by atoms with Crippen molar-refractivity contribution in [2.24, 2.45) is 0 Å². The highest BCUT2D eigenvalue weighted by Crippen LogP contribution is 2.31. The van der Waals surface area contributed by atoms with E-state index in [-0.39, 0.29) is 5.69 Å². The van der Waals surface area contributed by atoms with E-state index in [2.05, 4.69) is 5.32 Å². The number of rotatable bonds is 2. The second kappa shape index (κ2) is 5.13. The zero-order valence-corrected chi connectivity index (χ0v) is 10.2. The van der Waals surface area contributed by atoms with Crippen molar-refractivity contribution in [1.29, 1.82) is 5.26 Å². The summed E-state index contributed by atoms with van der Waals surface area (Å²) in [5, 5.41) is 11.7. The summed E-state index contributed by atoms with van der Waals surface area (Å²) < 4.78 is 37.3. The van der Waals surface area contributed by atoms with Gasteiger partial charge in [-0.1, -0.05) is 6.07 Å². The third-order valence-corrected chi connectivity index (χ3v) is 2.72. The summed E-state index contributed by atoms with van der Waals surface area (Å²) in [6.45, 7) is 0. The third-order valence-electron chi connectivity index (χ3n) is 2.72. The third kappa shape index (κ3) is 2.83. The van der Waals surface area contributed by atoms with E-state index in [0.717, 1.165) is 12.1 Å². The van der Waals surface area contributed by atoms with E-state index in [0.29, 0.717) is 16.9 Å². The summed E-state index contributed by atoms with van der Waals surface area (Å²) in [5.41, 5.74) is 6.56. The van der Waals surface area contributed by atoms with Crippen molar-refractivity contribution >= 4 is 17.1 Å². The molecule has 0 aliphatic carbocycles. The molecule has 2 rings (SSSR count). The van der Waals surface area contributed by atoms with Gasteiger partial charge in [-0.2, -0.15) is 18.4 Å². The first-order valence-electron chi connectivity index (χ1n) is 5.64. The molecule has 0 heterocycles. The van der Waals surface area contributed by atoms with Gasteiger partial charge in [-0.3, -0.25) is 0 Å². The molecule has 0 radical (unpaired) electrons. The maximum atomic E-state index is 12.4. The lowest BCUT2D eigenvalue weighted by atomic mass is 10.1. The Balaban J connectivity index is 2.26. The fraction of sp³-hybridized carbons (Fsp3) is 0.0714. The Morgan fingerprint density at radius 3 is 2.25 bits per heavy atom. The zero-order valence-electron chi connectivity index (χ0n) is 10.2. The molecule has 0 bridgehead atoms. The van der Waals surface area contributed by atoms with Crippen molar-refractivity contribution in [1.82, 2.24) is 0 Å². The van der Waals surface area contributed by atoms with Crippen LogP contribution in [0.1, 0.15) is 11.1 Å². The van der Waals surface area contributed by atoms with Gasteiger partial charge >= 0.3 is 6.18 Å². The number of nitriles is 1. The van der Waals surface area contributed by atoms with E-state index >= 15 is 0 Å². The van der Waals surface area contributed by atoms with Crippen LogP contribution >= 0.6 is 0 Å². The quantitative estimate of drug-likeness (QED) is 0.818. The van der Waals surface area contributed by atoms with Crippen molar-refractivity contribution in [3.63, 3.8) is 0 Å². The molecule has 0 spiro atoms. The van der Waals surface area contributed by atoms with Gasteiger partial charge in [0.1, 0.15) is 6.07 Å². The number of para-hydroxylation sites is 1. The van der Waals surface area contributed by atoms with Gasteiger partial charge in [0, 0.05) is 5.69 Å². The van der Waals surface area contributed by atoms with Crippen LogP contribution in [0, 0.1) is 11.3 Å². The van der Waals surface area contributed by atoms with Crippen LogP contribution in [0.4, 0.5) is 30.2 Å². The summed E-state index contributed by atoms with van der Waals surface area (Å²) in [7, 11) is 0. The van der Waals surface area contributed by atoms with Gasteiger partial charge in [0.15, 0.2) is 0 Å². The number of nitrogens with two attached hydrogens (primary N) is 1. The zero-order chi connectivity index (χ0) is 14.8. The van der Waals surface area contributed by atoms with Gasteiger partial charge in [0.25, 0.3) is 0 Å². The molecule has 0 amide bonds. The average molecular weight is 277 g/mol. The summed E-state index contributed by atoms with van der Waals surface area (Å²) in [6, 6.07) is 11.4. The summed E-state index contributed by atoms with van der Waals surface area (Å²) in [6.07, 6.45) is -4.36. The van der Waals surface area contributed by atoms with Crippen LogP contribution in [0.3, 0.4) is 0 Å². The Morgan fingerprint density at radius 1 is 1.05 bits per heavy atom. The number of nitrogens with one attached hydrogen (secondary N) is 1. The first-order chi connectivity index (χ1) is 9.41. The first-order valence-corrected chi connectivity index (χ1v) is 5.64. The SMILES string of the molecule is N#Cc1cccc(Nc2ccc(C(F)(F)F)cc2)c1N. The van der Waals surface area contributed by atoms with E-state index in [9.17, 15) is 13.2 Å². The van der Waals surface area contributed by atoms with E-state index in [1.807, 2.05) is 6.07 Å². The van der Waals surface area contributed by atoms with Gasteiger partial charge in [-0.25, -0.2) is 0 Å². The molecule has 6 heteroatoms. The number of alkyl halides is 3. The van der Waals surface area contributed by atoms with Crippen LogP contribution in [-0.2, 0) is 6.18 Å². The standard InChI is InChI=1S/C14H10F3N3/c15-14(16,17)10-4-6-11(7-5-10)20-12-3-1-2-9(8-18)13(12)19/h1-7,20H,19H2. The topological polar surface area (TPSA) is 61.8 Å². The summed E-state index contributed by atoms with van der Waals surface area (Å²) >= 11 is 0. The smallest absolute Gasteiger partial charge is 0.396 e. The first kappa shape index (κ1) is 13.7. The van der Waals surface area contributed by atoms with Crippen LogP contribution in [0.5, 0.6) is 0 Å². The predicted octanol–water partition coefficient (Wildman–Crippen LogP) is 3.90. The molecular weight excluding hydrogens is 267 g/mol. The molecule has 0 aliphatic rings. The molecule has 0 aromatic heterocycles. The van der Waals surface area contributed by atoms with Crippen molar-refractivity contribution in [2.45, 2.75) is 6.18 Å². The van der Waals surface area contributed by atoms with Crippen molar-refractivity contribution in [3.8, 4) is 6.07 Å². The number of anilines is 3.